The number of aryl methyl sites for hydroxylation is 2. The van der Waals surface area contributed by atoms with E-state index in [1.807, 2.05) is 31.2 Å². The fraction of sp³-hybridized carbons (Fsp3) is 0.182. The minimum atomic E-state index is 0.0852. The van der Waals surface area contributed by atoms with Crippen molar-refractivity contribution in [3.05, 3.63) is 70.0 Å². The van der Waals surface area contributed by atoms with Crippen LogP contribution in [0.15, 0.2) is 63.9 Å². The van der Waals surface area contributed by atoms with E-state index < -0.39 is 0 Å². The molecular weight excluding hydrogens is 441 g/mol. The predicted octanol–water partition coefficient (Wildman–Crippen LogP) is 6.34. The van der Waals surface area contributed by atoms with Crippen LogP contribution in [-0.2, 0) is 11.9 Å². The lowest BCUT2D eigenvalue weighted by atomic mass is 10.2. The van der Waals surface area contributed by atoms with E-state index in [-0.39, 0.29) is 4.49 Å². The highest BCUT2D eigenvalue weighted by atomic mass is 35.5. The number of nitrogens with zero attached hydrogens (tertiary/aromatic N) is 3. The third kappa shape index (κ3) is 5.93. The minimum Gasteiger partial charge on any atom is -0.460 e. The first-order valence-electron chi connectivity index (χ1n) is 9.23. The number of halogens is 2. The van der Waals surface area contributed by atoms with E-state index in [0.29, 0.717) is 34.6 Å². The summed E-state index contributed by atoms with van der Waals surface area (Å²) in [5.74, 6) is 3.53. The third-order valence-corrected chi connectivity index (χ3v) is 4.67. The summed E-state index contributed by atoms with van der Waals surface area (Å²) in [4.78, 5) is 4.76. The maximum Gasteiger partial charge on any atom is 0.226 e. The summed E-state index contributed by atoms with van der Waals surface area (Å²) in [6, 6.07) is 14.3. The maximum absolute atomic E-state index is 5.99. The zero-order valence-corrected chi connectivity index (χ0v) is 18.9. The number of ether oxygens (including phenoxy) is 3. The molecule has 0 saturated heterocycles. The summed E-state index contributed by atoms with van der Waals surface area (Å²) in [5, 5.41) is 8.17. The Morgan fingerprint density at radius 3 is 1.97 bits per heavy atom. The Morgan fingerprint density at radius 1 is 0.935 bits per heavy atom. The minimum absolute atomic E-state index is 0.0852. The Hall–Kier alpha value is -3.16. The highest BCUT2D eigenvalue weighted by Crippen LogP contribution is 2.30. The van der Waals surface area contributed by atoms with Crippen molar-refractivity contribution in [3.8, 4) is 28.9 Å². The van der Waals surface area contributed by atoms with E-state index in [9.17, 15) is 0 Å². The van der Waals surface area contributed by atoms with Crippen LogP contribution in [0, 0.1) is 6.92 Å². The Kier molecular flexibility index (Phi) is 7.44. The number of hydrogen-bond donors (Lipinski definition) is 0. The van der Waals surface area contributed by atoms with Gasteiger partial charge in [0, 0.05) is 7.05 Å². The van der Waals surface area contributed by atoms with Crippen molar-refractivity contribution in [3.63, 3.8) is 0 Å². The quantitative estimate of drug-likeness (QED) is 0.222. The second-order valence-corrected chi connectivity index (χ2v) is 7.36. The number of oxime groups is 1. The van der Waals surface area contributed by atoms with Gasteiger partial charge in [-0.3, -0.25) is 0 Å². The summed E-state index contributed by atoms with van der Waals surface area (Å²) < 4.78 is 19.1. The average molecular weight is 462 g/mol. The Morgan fingerprint density at radius 2 is 1.45 bits per heavy atom. The van der Waals surface area contributed by atoms with Crippen LogP contribution in [0.4, 0.5) is 0 Å². The van der Waals surface area contributed by atoms with Gasteiger partial charge in [-0.1, -0.05) is 28.4 Å². The predicted molar refractivity (Wildman–Crippen MR) is 121 cm³/mol. The number of aromatic nitrogens is 2. The van der Waals surface area contributed by atoms with Gasteiger partial charge in [0.25, 0.3) is 0 Å². The molecular formula is C22H21Cl2N3O4. The average Bonchev–Trinajstić information content (AvgIpc) is 3.01. The molecule has 0 aliphatic heterocycles. The molecule has 0 amide bonds. The first-order chi connectivity index (χ1) is 14.9. The van der Waals surface area contributed by atoms with Gasteiger partial charge in [-0.2, -0.15) is 5.10 Å². The van der Waals surface area contributed by atoms with E-state index in [1.54, 1.807) is 49.1 Å². The molecule has 3 aromatic rings. The lowest BCUT2D eigenvalue weighted by Crippen LogP contribution is -1.97. The molecule has 0 aliphatic rings. The van der Waals surface area contributed by atoms with Crippen LogP contribution >= 0.6 is 23.2 Å². The van der Waals surface area contributed by atoms with Crippen molar-refractivity contribution in [1.29, 1.82) is 0 Å². The van der Waals surface area contributed by atoms with E-state index in [1.165, 1.54) is 7.11 Å². The fourth-order valence-corrected chi connectivity index (χ4v) is 2.72. The lowest BCUT2D eigenvalue weighted by molar-refractivity contribution is 0.215. The van der Waals surface area contributed by atoms with Crippen LogP contribution in [0.25, 0.3) is 0 Å². The summed E-state index contributed by atoms with van der Waals surface area (Å²) in [7, 11) is 3.28. The monoisotopic (exact) mass is 461 g/mol. The summed E-state index contributed by atoms with van der Waals surface area (Å²) >= 11 is 11.4. The fourth-order valence-electron chi connectivity index (χ4n) is 2.64. The molecule has 0 atom stereocenters. The molecule has 7 nitrogen and oxygen atoms in total. The molecule has 0 aliphatic carbocycles. The summed E-state index contributed by atoms with van der Waals surface area (Å²) in [6.45, 7) is 3.56. The van der Waals surface area contributed by atoms with Crippen LogP contribution in [0.2, 0.25) is 0 Å². The second-order valence-electron chi connectivity index (χ2n) is 6.41. The van der Waals surface area contributed by atoms with Crippen molar-refractivity contribution in [2.24, 2.45) is 12.2 Å². The molecule has 0 unspecified atom stereocenters. The lowest BCUT2D eigenvalue weighted by Gasteiger charge is -2.10. The smallest absolute Gasteiger partial charge is 0.226 e. The van der Waals surface area contributed by atoms with Gasteiger partial charge in [0.05, 0.1) is 17.5 Å². The van der Waals surface area contributed by atoms with Gasteiger partial charge in [0.1, 0.15) is 40.4 Å². The van der Waals surface area contributed by atoms with Crippen LogP contribution in [0.1, 0.15) is 18.2 Å². The van der Waals surface area contributed by atoms with Crippen molar-refractivity contribution in [1.82, 2.24) is 9.78 Å². The molecule has 0 fully saturated rings. The van der Waals surface area contributed by atoms with E-state index in [4.69, 9.17) is 42.3 Å². The molecule has 0 radical (unpaired) electrons. The van der Waals surface area contributed by atoms with Crippen molar-refractivity contribution < 1.29 is 19.0 Å². The van der Waals surface area contributed by atoms with Gasteiger partial charge in [-0.05, 0) is 62.4 Å². The van der Waals surface area contributed by atoms with Gasteiger partial charge in [0.2, 0.25) is 5.88 Å². The molecule has 3 rings (SSSR count). The largest absolute Gasteiger partial charge is 0.460 e. The highest BCUT2D eigenvalue weighted by Gasteiger charge is 2.14. The number of rotatable bonds is 8. The number of allylic oxidation sites excluding steroid dienone is 1. The molecule has 2 aromatic carbocycles. The van der Waals surface area contributed by atoms with E-state index >= 15 is 0 Å². The Labute approximate surface area is 190 Å². The molecule has 0 N–H and O–H groups in total. The van der Waals surface area contributed by atoms with Crippen molar-refractivity contribution >= 4 is 29.4 Å². The van der Waals surface area contributed by atoms with Crippen molar-refractivity contribution in [2.75, 3.05) is 7.11 Å². The number of benzene rings is 2. The number of hydrogen-bond acceptors (Lipinski definition) is 6. The molecule has 1 heterocycles. The molecule has 162 valence electrons. The summed E-state index contributed by atoms with van der Waals surface area (Å²) in [5.41, 5.74) is 1.53. The van der Waals surface area contributed by atoms with Gasteiger partial charge >= 0.3 is 0 Å². The Bertz CT molecular complexity index is 1090. The highest BCUT2D eigenvalue weighted by molar-refractivity contribution is 6.56. The first-order valence-corrected chi connectivity index (χ1v) is 9.98. The van der Waals surface area contributed by atoms with Gasteiger partial charge in [-0.15, -0.1) is 0 Å². The molecule has 0 bridgehead atoms. The van der Waals surface area contributed by atoms with Gasteiger partial charge < -0.3 is 19.0 Å². The first kappa shape index (κ1) is 22.5. The van der Waals surface area contributed by atoms with Crippen molar-refractivity contribution in [2.45, 2.75) is 13.8 Å². The molecule has 1 aromatic heterocycles. The normalized spacial score (nSPS) is 10.8. The van der Waals surface area contributed by atoms with Crippen LogP contribution < -0.4 is 14.2 Å². The molecule has 0 spiro atoms. The zero-order valence-electron chi connectivity index (χ0n) is 17.4. The topological polar surface area (TPSA) is 67.1 Å². The van der Waals surface area contributed by atoms with Crippen LogP contribution in [-0.4, -0.2) is 23.1 Å². The summed E-state index contributed by atoms with van der Waals surface area (Å²) in [6.07, 6.45) is 1.57. The van der Waals surface area contributed by atoms with Crippen LogP contribution in [0.5, 0.6) is 28.9 Å². The standard InChI is InChI=1S/C22H21Cl2N3O4/c1-14-20(13-25-28-4)22(27(3)26-14)31-19-11-9-18(10-12-19)30-17-7-5-16(6-8-17)29-15(2)21(23)24/h5-13H,1-4H3/b25-13+. The molecule has 9 heteroatoms. The van der Waals surface area contributed by atoms with Crippen LogP contribution in [0.3, 0.4) is 0 Å². The zero-order chi connectivity index (χ0) is 22.4. The maximum atomic E-state index is 5.99. The van der Waals surface area contributed by atoms with Gasteiger partial charge in [-0.25, -0.2) is 4.68 Å². The third-order valence-electron chi connectivity index (χ3n) is 4.14. The van der Waals surface area contributed by atoms with E-state index in [2.05, 4.69) is 10.3 Å². The Balaban J connectivity index is 1.68. The molecule has 0 saturated carbocycles. The second kappa shape index (κ2) is 10.2. The molecule has 31 heavy (non-hydrogen) atoms. The SMILES string of the molecule is CO/N=C/c1c(C)nn(C)c1Oc1ccc(Oc2ccc(OC(C)=C(Cl)Cl)cc2)cc1. The van der Waals surface area contributed by atoms with Gasteiger partial charge in [0.15, 0.2) is 0 Å². The van der Waals surface area contributed by atoms with E-state index in [0.717, 1.165) is 11.3 Å².